The minimum absolute atomic E-state index is 0.146. The van der Waals surface area contributed by atoms with Crippen LogP contribution in [-0.2, 0) is 11.2 Å². The summed E-state index contributed by atoms with van der Waals surface area (Å²) >= 11 is 6.04. The third kappa shape index (κ3) is 3.71. The van der Waals surface area contributed by atoms with E-state index >= 15 is 0 Å². The first-order valence-corrected chi connectivity index (χ1v) is 13.9. The predicted molar refractivity (Wildman–Crippen MR) is 159 cm³/mol. The van der Waals surface area contributed by atoms with Gasteiger partial charge in [0.2, 0.25) is 0 Å². The lowest BCUT2D eigenvalue weighted by atomic mass is 9.70. The number of nitrogens with one attached hydrogen (secondary N) is 1. The van der Waals surface area contributed by atoms with Crippen LogP contribution in [0.5, 0.6) is 23.0 Å². The van der Waals surface area contributed by atoms with Crippen LogP contribution in [0.1, 0.15) is 33.9 Å². The fourth-order valence-electron chi connectivity index (χ4n) is 6.48. The lowest BCUT2D eigenvalue weighted by molar-refractivity contribution is -0.0909. The Morgan fingerprint density at radius 2 is 1.67 bits per heavy atom. The quantitative estimate of drug-likeness (QED) is 0.258. The van der Waals surface area contributed by atoms with Crippen LogP contribution in [0.2, 0.25) is 5.15 Å². The molecule has 0 saturated heterocycles. The molecule has 0 saturated carbocycles. The molecule has 0 spiro atoms. The van der Waals surface area contributed by atoms with Gasteiger partial charge in [-0.3, -0.25) is 4.79 Å². The Morgan fingerprint density at radius 3 is 2.33 bits per heavy atom. The van der Waals surface area contributed by atoms with Crippen molar-refractivity contribution in [2.75, 3.05) is 21.3 Å². The predicted octanol–water partition coefficient (Wildman–Crippen LogP) is 5.18. The Hall–Kier alpha value is -4.86. The van der Waals surface area contributed by atoms with Crippen LogP contribution in [-0.4, -0.2) is 41.4 Å². The largest absolute Gasteiger partial charge is 0.497 e. The number of ether oxygens (including phenoxy) is 4. The first kappa shape index (κ1) is 27.0. The van der Waals surface area contributed by atoms with Crippen molar-refractivity contribution in [1.29, 1.82) is 0 Å². The number of hydrogen-bond acceptors (Lipinski definition) is 8. The molecule has 0 bridgehead atoms. The maximum atomic E-state index is 14.2. The molecule has 1 aliphatic heterocycles. The number of nitrogens with zero attached hydrogens (tertiary/aromatic N) is 2. The van der Waals surface area contributed by atoms with Crippen molar-refractivity contribution in [2.24, 2.45) is 0 Å². The van der Waals surface area contributed by atoms with Gasteiger partial charge in [-0.05, 0) is 29.8 Å². The molecule has 1 unspecified atom stereocenters. The molecule has 9 nitrogen and oxygen atoms in total. The molecule has 2 N–H and O–H groups in total. The van der Waals surface area contributed by atoms with Gasteiger partial charge in [0, 0.05) is 29.5 Å². The Morgan fingerprint density at radius 1 is 0.930 bits per heavy atom. The molecule has 3 aromatic carbocycles. The van der Waals surface area contributed by atoms with Crippen LogP contribution in [0, 0.1) is 0 Å². The highest BCUT2D eigenvalue weighted by atomic mass is 35.5. The molecule has 7 rings (SSSR count). The Balaban J connectivity index is 1.63. The molecule has 10 heteroatoms. The van der Waals surface area contributed by atoms with Crippen LogP contribution in [0.4, 0.5) is 0 Å². The van der Waals surface area contributed by atoms with Crippen molar-refractivity contribution in [3.05, 3.63) is 129 Å². The monoisotopic (exact) mass is 595 g/mol. The van der Waals surface area contributed by atoms with Gasteiger partial charge in [-0.15, -0.1) is 0 Å². The third-order valence-corrected chi connectivity index (χ3v) is 8.53. The standard InChI is InChI=1S/C33H26ClN3O6/c1-40-21-12-10-20(11-13-21)33-27(18-7-5-4-6-8-18)26-29(36-30(37-31(26)38)19-9-14-25(34)35-17-19)32(33,39)28-23(42-3)15-22(41-2)16-24(28)43-33/h4-17,27,39H,1-3H3,(H,36,37,38)/t27?,32-,33-/m0/s1. The van der Waals surface area contributed by atoms with Gasteiger partial charge in [0.05, 0.1) is 44.1 Å². The first-order valence-electron chi connectivity index (χ1n) is 13.5. The molecule has 43 heavy (non-hydrogen) atoms. The summed E-state index contributed by atoms with van der Waals surface area (Å²) in [7, 11) is 4.63. The molecule has 1 aliphatic carbocycles. The highest BCUT2D eigenvalue weighted by Gasteiger charge is 2.73. The Labute approximate surface area is 251 Å². The second-order valence-electron chi connectivity index (χ2n) is 10.4. The summed E-state index contributed by atoms with van der Waals surface area (Å²) in [6, 6.07) is 23.4. The zero-order chi connectivity index (χ0) is 29.9. The molecular formula is C33H26ClN3O6. The van der Waals surface area contributed by atoms with E-state index in [2.05, 4.69) is 9.97 Å². The Kier molecular flexibility index (Phi) is 6.19. The van der Waals surface area contributed by atoms with Gasteiger partial charge < -0.3 is 29.0 Å². The van der Waals surface area contributed by atoms with E-state index in [9.17, 15) is 9.90 Å². The van der Waals surface area contributed by atoms with Gasteiger partial charge >= 0.3 is 0 Å². The van der Waals surface area contributed by atoms with Gasteiger partial charge in [-0.25, -0.2) is 9.97 Å². The molecule has 3 atom stereocenters. The van der Waals surface area contributed by atoms with Crippen molar-refractivity contribution in [2.45, 2.75) is 17.1 Å². The number of halogens is 1. The average Bonchev–Trinajstić information content (AvgIpc) is 3.44. The van der Waals surface area contributed by atoms with Crippen molar-refractivity contribution in [3.8, 4) is 34.4 Å². The van der Waals surface area contributed by atoms with E-state index in [0.29, 0.717) is 44.8 Å². The molecule has 2 aromatic heterocycles. The van der Waals surface area contributed by atoms with E-state index in [1.165, 1.54) is 13.3 Å². The van der Waals surface area contributed by atoms with E-state index in [1.54, 1.807) is 50.6 Å². The van der Waals surface area contributed by atoms with Gasteiger partial charge in [0.15, 0.2) is 11.2 Å². The second kappa shape index (κ2) is 9.86. The number of pyridine rings is 1. The van der Waals surface area contributed by atoms with Crippen LogP contribution in [0.25, 0.3) is 11.4 Å². The summed E-state index contributed by atoms with van der Waals surface area (Å²) in [4.78, 5) is 26.2. The van der Waals surface area contributed by atoms with Crippen LogP contribution < -0.4 is 24.5 Å². The summed E-state index contributed by atoms with van der Waals surface area (Å²) < 4.78 is 23.8. The minimum atomic E-state index is -1.99. The van der Waals surface area contributed by atoms with Gasteiger partial charge in [0.25, 0.3) is 5.56 Å². The SMILES string of the molecule is COc1ccc([C@@]23Oc4cc(OC)cc(OC)c4[C@]2(O)c2nc(-c4ccc(Cl)nc4)[nH]c(=O)c2C3c2ccccc2)cc1. The Bertz CT molecular complexity index is 1910. The van der Waals surface area contributed by atoms with Crippen molar-refractivity contribution in [3.63, 3.8) is 0 Å². The van der Waals surface area contributed by atoms with Crippen molar-refractivity contribution < 1.29 is 24.1 Å². The van der Waals surface area contributed by atoms with Crippen LogP contribution in [0.3, 0.4) is 0 Å². The summed E-state index contributed by atoms with van der Waals surface area (Å²) in [5, 5.41) is 13.7. The normalized spacial score (nSPS) is 21.4. The van der Waals surface area contributed by atoms with Crippen molar-refractivity contribution >= 4 is 11.6 Å². The second-order valence-corrected chi connectivity index (χ2v) is 10.8. The van der Waals surface area contributed by atoms with E-state index in [1.807, 2.05) is 42.5 Å². The number of hydrogen-bond donors (Lipinski definition) is 2. The number of rotatable bonds is 6. The maximum Gasteiger partial charge on any atom is 0.255 e. The molecule has 0 radical (unpaired) electrons. The molecule has 216 valence electrons. The first-order chi connectivity index (χ1) is 20.8. The van der Waals surface area contributed by atoms with Gasteiger partial charge in [-0.2, -0.15) is 0 Å². The highest BCUT2D eigenvalue weighted by molar-refractivity contribution is 6.29. The number of methoxy groups -OCH3 is 3. The third-order valence-electron chi connectivity index (χ3n) is 8.31. The smallest absolute Gasteiger partial charge is 0.255 e. The van der Waals surface area contributed by atoms with Crippen LogP contribution in [0.15, 0.2) is 89.9 Å². The summed E-state index contributed by atoms with van der Waals surface area (Å²) in [6.45, 7) is 0. The lowest BCUT2D eigenvalue weighted by Gasteiger charge is -2.40. The molecule has 3 heterocycles. The van der Waals surface area contributed by atoms with E-state index in [-0.39, 0.29) is 17.1 Å². The van der Waals surface area contributed by atoms with Crippen LogP contribution >= 0.6 is 11.6 Å². The maximum absolute atomic E-state index is 14.2. The zero-order valence-corrected chi connectivity index (χ0v) is 24.2. The average molecular weight is 596 g/mol. The van der Waals surface area contributed by atoms with E-state index in [4.69, 9.17) is 35.5 Å². The number of fused-ring (bicyclic) bond motifs is 5. The highest BCUT2D eigenvalue weighted by Crippen LogP contribution is 2.69. The number of H-pyrrole nitrogens is 1. The number of benzene rings is 3. The number of aromatic nitrogens is 3. The number of aliphatic hydroxyl groups is 1. The summed E-state index contributed by atoms with van der Waals surface area (Å²) in [5.74, 6) is 1.20. The van der Waals surface area contributed by atoms with E-state index in [0.717, 1.165) is 5.56 Å². The minimum Gasteiger partial charge on any atom is -0.497 e. The molecule has 5 aromatic rings. The number of aromatic amines is 1. The summed E-state index contributed by atoms with van der Waals surface area (Å²) in [6.07, 6.45) is 1.52. The molecule has 2 aliphatic rings. The fourth-order valence-corrected chi connectivity index (χ4v) is 6.59. The topological polar surface area (TPSA) is 116 Å². The summed E-state index contributed by atoms with van der Waals surface area (Å²) in [5.41, 5.74) is -1.36. The van der Waals surface area contributed by atoms with E-state index < -0.39 is 22.7 Å². The van der Waals surface area contributed by atoms with Crippen molar-refractivity contribution in [1.82, 2.24) is 15.0 Å². The molecule has 0 amide bonds. The zero-order valence-electron chi connectivity index (χ0n) is 23.4. The fraction of sp³-hybridized carbons (Fsp3) is 0.182. The van der Waals surface area contributed by atoms with Gasteiger partial charge in [-0.1, -0.05) is 54.1 Å². The molecule has 0 fully saturated rings. The van der Waals surface area contributed by atoms with Gasteiger partial charge in [0.1, 0.15) is 34.0 Å². The lowest BCUT2D eigenvalue weighted by Crippen LogP contribution is -2.49. The molecular weight excluding hydrogens is 570 g/mol.